The van der Waals surface area contributed by atoms with Gasteiger partial charge in [-0.2, -0.15) is 0 Å². The zero-order chi connectivity index (χ0) is 24.9. The van der Waals surface area contributed by atoms with Crippen molar-refractivity contribution in [3.63, 3.8) is 0 Å². The van der Waals surface area contributed by atoms with Crippen molar-refractivity contribution in [3.05, 3.63) is 54.1 Å². The lowest BCUT2D eigenvalue weighted by atomic mass is 9.94. The molecule has 1 heterocycles. The molecule has 1 aliphatic carbocycles. The molecule has 0 saturated carbocycles. The van der Waals surface area contributed by atoms with Gasteiger partial charge in [0.15, 0.2) is 23.6 Å². The van der Waals surface area contributed by atoms with E-state index in [1.165, 1.54) is 48.6 Å². The molecular weight excluding hydrogens is 452 g/mol. The number of phenols is 2. The molecule has 11 nitrogen and oxygen atoms in total. The van der Waals surface area contributed by atoms with Gasteiger partial charge in [-0.3, -0.25) is 4.79 Å². The van der Waals surface area contributed by atoms with E-state index < -0.39 is 48.9 Å². The molecule has 0 amide bonds. The first-order chi connectivity index (χ1) is 16.1. The number of benzene rings is 1. The summed E-state index contributed by atoms with van der Waals surface area (Å²) < 4.78 is 15.9. The minimum Gasteiger partial charge on any atom is -0.504 e. The minimum absolute atomic E-state index is 0.0236. The van der Waals surface area contributed by atoms with Gasteiger partial charge in [-0.05, 0) is 48.1 Å². The van der Waals surface area contributed by atoms with Crippen LogP contribution in [0.3, 0.4) is 0 Å². The Labute approximate surface area is 194 Å². The largest absolute Gasteiger partial charge is 0.504 e. The van der Waals surface area contributed by atoms with E-state index in [2.05, 4.69) is 0 Å². The molecule has 34 heavy (non-hydrogen) atoms. The third kappa shape index (κ3) is 6.50. The van der Waals surface area contributed by atoms with Crippen LogP contribution in [0.1, 0.15) is 12.0 Å². The molecule has 1 fully saturated rings. The lowest BCUT2D eigenvalue weighted by Gasteiger charge is -2.40. The first-order valence-electron chi connectivity index (χ1n) is 10.4. The summed E-state index contributed by atoms with van der Waals surface area (Å²) in [6, 6.07) is 3.94. The van der Waals surface area contributed by atoms with Gasteiger partial charge >= 0.3 is 5.97 Å². The molecule has 2 aliphatic rings. The van der Waals surface area contributed by atoms with Gasteiger partial charge in [-0.25, -0.2) is 4.79 Å². The average Bonchev–Trinajstić information content (AvgIpc) is 2.81. The van der Waals surface area contributed by atoms with Gasteiger partial charge in [0.05, 0.1) is 6.61 Å². The van der Waals surface area contributed by atoms with Crippen LogP contribution < -0.4 is 0 Å². The number of allylic oxidation sites excluding steroid dienone is 2. The number of ether oxygens (including phenoxy) is 3. The Kier molecular flexibility index (Phi) is 8.20. The maximum Gasteiger partial charge on any atom is 0.330 e. The Balaban J connectivity index is 1.51. The highest BCUT2D eigenvalue weighted by Gasteiger charge is 2.45. The van der Waals surface area contributed by atoms with Crippen LogP contribution in [0.15, 0.2) is 48.6 Å². The van der Waals surface area contributed by atoms with Crippen molar-refractivity contribution in [2.75, 3.05) is 13.2 Å². The summed E-state index contributed by atoms with van der Waals surface area (Å²) in [7, 11) is 0. The highest BCUT2D eigenvalue weighted by Crippen LogP contribution is 2.26. The summed E-state index contributed by atoms with van der Waals surface area (Å²) in [5.41, 5.74) is -0.997. The third-order valence-corrected chi connectivity index (χ3v) is 5.33. The van der Waals surface area contributed by atoms with E-state index in [4.69, 9.17) is 14.2 Å². The normalized spacial score (nSPS) is 28.4. The fourth-order valence-corrected chi connectivity index (χ4v) is 3.28. The molecular formula is C23H26O11. The number of ketones is 1. The van der Waals surface area contributed by atoms with Gasteiger partial charge < -0.3 is 44.8 Å². The lowest BCUT2D eigenvalue weighted by Crippen LogP contribution is -2.59. The number of carbonyl (C=O) groups is 2. The number of esters is 1. The number of phenolic OH excluding ortho intramolecular Hbond substituents is 2. The van der Waals surface area contributed by atoms with Gasteiger partial charge in [0.25, 0.3) is 0 Å². The van der Waals surface area contributed by atoms with E-state index in [1.54, 1.807) is 0 Å². The Bertz CT molecular complexity index is 967. The highest BCUT2D eigenvalue weighted by molar-refractivity contribution is 6.00. The molecule has 11 heteroatoms. The molecule has 1 aromatic carbocycles. The van der Waals surface area contributed by atoms with Crippen LogP contribution in [-0.2, 0) is 23.8 Å². The Morgan fingerprint density at radius 3 is 2.44 bits per heavy atom. The fourth-order valence-electron chi connectivity index (χ4n) is 3.28. The van der Waals surface area contributed by atoms with Crippen molar-refractivity contribution in [1.82, 2.24) is 0 Å². The Morgan fingerprint density at radius 1 is 1.06 bits per heavy atom. The van der Waals surface area contributed by atoms with Crippen molar-refractivity contribution in [3.8, 4) is 11.5 Å². The number of hydrogen-bond donors (Lipinski definition) is 6. The van der Waals surface area contributed by atoms with Crippen molar-refractivity contribution in [2.45, 2.75) is 42.7 Å². The van der Waals surface area contributed by atoms with E-state index in [0.29, 0.717) is 5.56 Å². The summed E-state index contributed by atoms with van der Waals surface area (Å²) in [5.74, 6) is -1.74. The summed E-state index contributed by atoms with van der Waals surface area (Å²) >= 11 is 0. The third-order valence-electron chi connectivity index (χ3n) is 5.33. The Hall–Kier alpha value is -3.06. The summed E-state index contributed by atoms with van der Waals surface area (Å²) in [6.07, 6.45) is 0.0579. The Morgan fingerprint density at radius 2 is 1.76 bits per heavy atom. The van der Waals surface area contributed by atoms with E-state index in [-0.39, 0.29) is 30.3 Å². The molecule has 6 N–H and O–H groups in total. The average molecular weight is 478 g/mol. The number of carbonyl (C=O) groups excluding carboxylic acids is 2. The van der Waals surface area contributed by atoms with Crippen LogP contribution in [-0.4, -0.2) is 91.9 Å². The van der Waals surface area contributed by atoms with Gasteiger partial charge in [0.2, 0.25) is 0 Å². The van der Waals surface area contributed by atoms with Crippen molar-refractivity contribution >= 4 is 17.8 Å². The minimum atomic E-state index is -1.65. The van der Waals surface area contributed by atoms with Crippen LogP contribution in [0.2, 0.25) is 0 Å². The van der Waals surface area contributed by atoms with E-state index in [0.717, 1.165) is 6.08 Å². The number of aliphatic hydroxyl groups is 4. The molecule has 1 aromatic rings. The van der Waals surface area contributed by atoms with Gasteiger partial charge in [0, 0.05) is 12.5 Å². The second-order valence-corrected chi connectivity index (χ2v) is 7.91. The smallest absolute Gasteiger partial charge is 0.330 e. The number of rotatable bonds is 8. The predicted molar refractivity (Wildman–Crippen MR) is 115 cm³/mol. The van der Waals surface area contributed by atoms with Crippen molar-refractivity contribution < 1.29 is 54.4 Å². The maximum absolute atomic E-state index is 12.0. The fraction of sp³-hybridized carbons (Fsp3) is 0.391. The van der Waals surface area contributed by atoms with Crippen LogP contribution in [0.5, 0.6) is 11.5 Å². The molecule has 0 radical (unpaired) electrons. The standard InChI is InChI=1S/C23H26O11/c24-14-5-7-23(31,8-6-14)9-10-32-22-21(30)20(29)19(28)17(34-22)12-33-18(27)4-2-13-1-3-15(25)16(26)11-13/h1-8,11,17,19-22,25-26,28-31H,9-10,12H2/t17-,19+,20+,21-,22-/m0/s1. The van der Waals surface area contributed by atoms with Crippen LogP contribution in [0, 0.1) is 0 Å². The molecule has 0 unspecified atom stereocenters. The van der Waals surface area contributed by atoms with Gasteiger partial charge in [-0.1, -0.05) is 6.07 Å². The first-order valence-corrected chi connectivity index (χ1v) is 10.4. The predicted octanol–water partition coefficient (Wildman–Crippen LogP) is -0.705. The van der Waals surface area contributed by atoms with Crippen LogP contribution >= 0.6 is 0 Å². The maximum atomic E-state index is 12.0. The first kappa shape index (κ1) is 25.6. The van der Waals surface area contributed by atoms with Crippen molar-refractivity contribution in [2.24, 2.45) is 0 Å². The van der Waals surface area contributed by atoms with E-state index in [9.17, 15) is 40.2 Å². The van der Waals surface area contributed by atoms with E-state index >= 15 is 0 Å². The van der Waals surface area contributed by atoms with Gasteiger partial charge in [-0.15, -0.1) is 0 Å². The monoisotopic (exact) mass is 478 g/mol. The number of aromatic hydroxyl groups is 2. The summed E-state index contributed by atoms with van der Waals surface area (Å²) in [6.45, 7) is -0.592. The van der Waals surface area contributed by atoms with Crippen LogP contribution in [0.4, 0.5) is 0 Å². The van der Waals surface area contributed by atoms with E-state index in [1.807, 2.05) is 0 Å². The zero-order valence-electron chi connectivity index (χ0n) is 17.9. The molecule has 184 valence electrons. The topological polar surface area (TPSA) is 183 Å². The summed E-state index contributed by atoms with van der Waals surface area (Å²) in [4.78, 5) is 23.2. The lowest BCUT2D eigenvalue weighted by molar-refractivity contribution is -0.302. The second-order valence-electron chi connectivity index (χ2n) is 7.91. The molecule has 1 aliphatic heterocycles. The number of aliphatic hydroxyl groups excluding tert-OH is 3. The van der Waals surface area contributed by atoms with Crippen molar-refractivity contribution in [1.29, 1.82) is 0 Å². The molecule has 3 rings (SSSR count). The molecule has 5 atom stereocenters. The van der Waals surface area contributed by atoms with Crippen LogP contribution in [0.25, 0.3) is 6.08 Å². The second kappa shape index (κ2) is 10.9. The zero-order valence-corrected chi connectivity index (χ0v) is 17.9. The van der Waals surface area contributed by atoms with Gasteiger partial charge in [0.1, 0.15) is 36.6 Å². The SMILES string of the molecule is O=C1C=CC(O)(CCO[C@H]2O[C@@H](COC(=O)C=Cc3ccc(O)c(O)c3)[C@@H](O)[C@@H](O)[C@@H]2O)C=C1. The molecule has 1 saturated heterocycles. The number of hydrogen-bond acceptors (Lipinski definition) is 11. The molecule has 0 spiro atoms. The quantitative estimate of drug-likeness (QED) is 0.158. The highest BCUT2D eigenvalue weighted by atomic mass is 16.7. The molecule has 0 aromatic heterocycles. The molecule has 0 bridgehead atoms. The summed E-state index contributed by atoms with van der Waals surface area (Å²) in [5, 5.41) is 59.5.